The monoisotopic (exact) mass is 242 g/mol. The first-order valence-corrected chi connectivity index (χ1v) is 7.80. The van der Waals surface area contributed by atoms with Gasteiger partial charge in [-0.2, -0.15) is 11.8 Å². The fourth-order valence-electron chi connectivity index (χ4n) is 3.15. The van der Waals surface area contributed by atoms with Gasteiger partial charge in [0.05, 0.1) is 0 Å². The van der Waals surface area contributed by atoms with Gasteiger partial charge >= 0.3 is 0 Å². The fraction of sp³-hybridized carbons (Fsp3) is 1.00. The van der Waals surface area contributed by atoms with Crippen molar-refractivity contribution < 1.29 is 0 Å². The van der Waals surface area contributed by atoms with E-state index in [0.717, 1.165) is 23.3 Å². The van der Waals surface area contributed by atoms with Gasteiger partial charge in [0.15, 0.2) is 0 Å². The Kier molecular flexibility index (Phi) is 4.57. The molecule has 0 aromatic rings. The molecule has 94 valence electrons. The van der Waals surface area contributed by atoms with Crippen LogP contribution in [-0.2, 0) is 0 Å². The van der Waals surface area contributed by atoms with Gasteiger partial charge in [-0.25, -0.2) is 0 Å². The number of hydrogen-bond donors (Lipinski definition) is 1. The molecule has 2 saturated heterocycles. The van der Waals surface area contributed by atoms with Crippen LogP contribution < -0.4 is 5.32 Å². The summed E-state index contributed by atoms with van der Waals surface area (Å²) in [5, 5.41) is 4.38. The lowest BCUT2D eigenvalue weighted by atomic mass is 9.87. The minimum Gasteiger partial charge on any atom is -0.317 e. The summed E-state index contributed by atoms with van der Waals surface area (Å²) >= 11 is 2.19. The van der Waals surface area contributed by atoms with Gasteiger partial charge in [0.2, 0.25) is 0 Å². The summed E-state index contributed by atoms with van der Waals surface area (Å²) in [6.07, 6.45) is 4.20. The molecule has 0 radical (unpaired) electrons. The Morgan fingerprint density at radius 1 is 1.31 bits per heavy atom. The third kappa shape index (κ3) is 2.74. The Morgan fingerprint density at radius 3 is 2.75 bits per heavy atom. The first-order valence-electron chi connectivity index (χ1n) is 6.75. The molecule has 2 aliphatic rings. The van der Waals surface area contributed by atoms with Crippen molar-refractivity contribution in [2.24, 2.45) is 5.92 Å². The van der Waals surface area contributed by atoms with Crippen LogP contribution in [0.5, 0.6) is 0 Å². The van der Waals surface area contributed by atoms with Crippen molar-refractivity contribution in [2.45, 2.75) is 50.4 Å². The van der Waals surface area contributed by atoms with Gasteiger partial charge in [0.25, 0.3) is 0 Å². The summed E-state index contributed by atoms with van der Waals surface area (Å²) in [6.45, 7) is 7.42. The van der Waals surface area contributed by atoms with E-state index in [9.17, 15) is 0 Å². The molecule has 4 unspecified atom stereocenters. The molecule has 2 rings (SSSR count). The lowest BCUT2D eigenvalue weighted by molar-refractivity contribution is 0.0880. The van der Waals surface area contributed by atoms with Gasteiger partial charge in [0, 0.05) is 23.9 Å². The molecular weight excluding hydrogens is 216 g/mol. The molecule has 0 spiro atoms. The number of piperidine rings is 1. The molecule has 0 aromatic carbocycles. The van der Waals surface area contributed by atoms with Crippen LogP contribution in [0.4, 0.5) is 0 Å². The Morgan fingerprint density at radius 2 is 2.12 bits per heavy atom. The van der Waals surface area contributed by atoms with E-state index in [-0.39, 0.29) is 0 Å². The number of rotatable bonds is 3. The number of hydrogen-bond acceptors (Lipinski definition) is 3. The second-order valence-corrected chi connectivity index (χ2v) is 6.82. The largest absolute Gasteiger partial charge is 0.317 e. The Balaban J connectivity index is 1.86. The minimum absolute atomic E-state index is 0.725. The van der Waals surface area contributed by atoms with Crippen LogP contribution in [0.25, 0.3) is 0 Å². The third-order valence-electron chi connectivity index (χ3n) is 4.53. The van der Waals surface area contributed by atoms with E-state index in [1.807, 2.05) is 0 Å². The second kappa shape index (κ2) is 5.74. The highest BCUT2D eigenvalue weighted by atomic mass is 32.2. The summed E-state index contributed by atoms with van der Waals surface area (Å²) in [6, 6.07) is 1.47. The fourth-order valence-corrected chi connectivity index (χ4v) is 4.45. The van der Waals surface area contributed by atoms with Crippen molar-refractivity contribution in [3.63, 3.8) is 0 Å². The molecule has 1 N–H and O–H groups in total. The first-order chi connectivity index (χ1) is 7.72. The van der Waals surface area contributed by atoms with Gasteiger partial charge in [-0.15, -0.1) is 0 Å². The van der Waals surface area contributed by atoms with Crippen molar-refractivity contribution >= 4 is 11.8 Å². The standard InChI is InChI=1S/C13H26N2S/c1-10-11(2)15(7-6-13(10)14-3)9-12-5-4-8-16-12/h10-14H,4-9H2,1-3H3. The summed E-state index contributed by atoms with van der Waals surface area (Å²) in [7, 11) is 2.11. The molecule has 3 heteroatoms. The molecule has 0 aromatic heterocycles. The quantitative estimate of drug-likeness (QED) is 0.817. The average Bonchev–Trinajstić information content (AvgIpc) is 2.78. The van der Waals surface area contributed by atoms with E-state index in [2.05, 4.69) is 42.9 Å². The SMILES string of the molecule is CNC1CCN(CC2CCCS2)C(C)C1C. The highest BCUT2D eigenvalue weighted by Crippen LogP contribution is 2.30. The van der Waals surface area contributed by atoms with Crippen LogP contribution in [0.3, 0.4) is 0 Å². The third-order valence-corrected chi connectivity index (χ3v) is 5.91. The minimum atomic E-state index is 0.725. The second-order valence-electron chi connectivity index (χ2n) is 5.41. The summed E-state index contributed by atoms with van der Waals surface area (Å²) < 4.78 is 0. The van der Waals surface area contributed by atoms with Crippen LogP contribution in [0.1, 0.15) is 33.1 Å². The predicted octanol–water partition coefficient (Wildman–Crippen LogP) is 2.20. The van der Waals surface area contributed by atoms with E-state index in [0.29, 0.717) is 0 Å². The lowest BCUT2D eigenvalue weighted by Gasteiger charge is -2.43. The Hall–Kier alpha value is 0.270. The summed E-state index contributed by atoms with van der Waals surface area (Å²) in [5.41, 5.74) is 0. The molecule has 0 saturated carbocycles. The highest BCUT2D eigenvalue weighted by molar-refractivity contribution is 8.00. The van der Waals surface area contributed by atoms with Gasteiger partial charge in [-0.1, -0.05) is 6.92 Å². The van der Waals surface area contributed by atoms with Crippen molar-refractivity contribution in [2.75, 3.05) is 25.9 Å². The number of nitrogens with one attached hydrogen (secondary N) is 1. The molecule has 4 atom stereocenters. The normalized spacial score (nSPS) is 41.4. The van der Waals surface area contributed by atoms with E-state index in [1.54, 1.807) is 0 Å². The Labute approximate surface area is 105 Å². The van der Waals surface area contributed by atoms with Crippen LogP contribution in [0.15, 0.2) is 0 Å². The van der Waals surface area contributed by atoms with Crippen molar-refractivity contribution in [3.05, 3.63) is 0 Å². The zero-order chi connectivity index (χ0) is 11.5. The topological polar surface area (TPSA) is 15.3 Å². The maximum atomic E-state index is 3.47. The molecule has 2 fully saturated rings. The van der Waals surface area contributed by atoms with E-state index >= 15 is 0 Å². The summed E-state index contributed by atoms with van der Waals surface area (Å²) in [5.74, 6) is 2.17. The average molecular weight is 242 g/mol. The zero-order valence-electron chi connectivity index (χ0n) is 10.9. The van der Waals surface area contributed by atoms with Gasteiger partial charge in [0.1, 0.15) is 0 Å². The van der Waals surface area contributed by atoms with Crippen molar-refractivity contribution in [1.82, 2.24) is 10.2 Å². The first kappa shape index (κ1) is 12.7. The van der Waals surface area contributed by atoms with Crippen LogP contribution in [0, 0.1) is 5.92 Å². The van der Waals surface area contributed by atoms with Crippen molar-refractivity contribution in [1.29, 1.82) is 0 Å². The van der Waals surface area contributed by atoms with Crippen LogP contribution in [-0.4, -0.2) is 48.1 Å². The molecular formula is C13H26N2S. The molecule has 0 aliphatic carbocycles. The molecule has 2 heterocycles. The highest BCUT2D eigenvalue weighted by Gasteiger charge is 2.32. The molecule has 16 heavy (non-hydrogen) atoms. The lowest BCUT2D eigenvalue weighted by Crippen LogP contribution is -2.53. The van der Waals surface area contributed by atoms with E-state index in [1.165, 1.54) is 38.1 Å². The van der Waals surface area contributed by atoms with Gasteiger partial charge in [-0.3, -0.25) is 4.90 Å². The van der Waals surface area contributed by atoms with Gasteiger partial charge in [-0.05, 0) is 51.4 Å². The summed E-state index contributed by atoms with van der Waals surface area (Å²) in [4.78, 5) is 2.72. The molecule has 0 bridgehead atoms. The Bertz CT molecular complexity index is 216. The van der Waals surface area contributed by atoms with Gasteiger partial charge < -0.3 is 5.32 Å². The molecule has 0 amide bonds. The zero-order valence-corrected chi connectivity index (χ0v) is 11.7. The smallest absolute Gasteiger partial charge is 0.0175 e. The molecule has 2 aliphatic heterocycles. The van der Waals surface area contributed by atoms with E-state index in [4.69, 9.17) is 0 Å². The van der Waals surface area contributed by atoms with E-state index < -0.39 is 0 Å². The molecule has 2 nitrogen and oxygen atoms in total. The number of nitrogens with zero attached hydrogens (tertiary/aromatic N) is 1. The van der Waals surface area contributed by atoms with Crippen LogP contribution >= 0.6 is 11.8 Å². The number of thioether (sulfide) groups is 1. The number of likely N-dealkylation sites (tertiary alicyclic amines) is 1. The van der Waals surface area contributed by atoms with Crippen molar-refractivity contribution in [3.8, 4) is 0 Å². The maximum Gasteiger partial charge on any atom is 0.0175 e. The maximum absolute atomic E-state index is 3.47. The predicted molar refractivity (Wildman–Crippen MR) is 73.1 cm³/mol. The van der Waals surface area contributed by atoms with Crippen LogP contribution in [0.2, 0.25) is 0 Å².